The summed E-state index contributed by atoms with van der Waals surface area (Å²) in [6, 6.07) is 3.53. The fourth-order valence-electron chi connectivity index (χ4n) is 3.75. The second-order valence-electron chi connectivity index (χ2n) is 7.46. The molecule has 2 atom stereocenters. The van der Waals surface area contributed by atoms with Crippen molar-refractivity contribution in [2.45, 2.75) is 51.7 Å². The number of halogens is 1. The maximum Gasteiger partial charge on any atom is 0.303 e. The number of carbonyl (C=O) groups is 1. The van der Waals surface area contributed by atoms with E-state index < -0.39 is 12.2 Å². The molecule has 1 N–H and O–H groups in total. The Morgan fingerprint density at radius 3 is 2.97 bits per heavy atom. The van der Waals surface area contributed by atoms with Crippen molar-refractivity contribution in [2.75, 3.05) is 6.61 Å². The van der Waals surface area contributed by atoms with Gasteiger partial charge in [0.2, 0.25) is 5.82 Å². The number of furan rings is 1. The summed E-state index contributed by atoms with van der Waals surface area (Å²) in [6.07, 6.45) is 5.62. The third-order valence-corrected chi connectivity index (χ3v) is 5.48. The highest BCUT2D eigenvalue weighted by molar-refractivity contribution is 6.33. The second kappa shape index (κ2) is 9.50. The van der Waals surface area contributed by atoms with Crippen molar-refractivity contribution in [1.29, 1.82) is 0 Å². The summed E-state index contributed by atoms with van der Waals surface area (Å²) in [5, 5.41) is 9.52. The van der Waals surface area contributed by atoms with Crippen LogP contribution in [0.2, 0.25) is 5.15 Å². The van der Waals surface area contributed by atoms with Crippen LogP contribution in [-0.2, 0) is 9.53 Å². The van der Waals surface area contributed by atoms with Gasteiger partial charge < -0.3 is 14.3 Å². The maximum atomic E-state index is 11.4. The Kier molecular flexibility index (Phi) is 6.54. The molecule has 0 radical (unpaired) electrons. The fraction of sp³-hybridized carbons (Fsp3) is 0.455. The van der Waals surface area contributed by atoms with Crippen LogP contribution in [0.4, 0.5) is 0 Å². The average Bonchev–Trinajstić information content (AvgIpc) is 3.46. The number of carboxylic acids is 1. The summed E-state index contributed by atoms with van der Waals surface area (Å²) >= 11 is 6.44. The van der Waals surface area contributed by atoms with Crippen molar-refractivity contribution in [3.63, 3.8) is 0 Å². The molecule has 3 aromatic rings. The molecule has 0 aromatic carbocycles. The zero-order valence-electron chi connectivity index (χ0n) is 17.2. The Morgan fingerprint density at radius 1 is 1.35 bits per heavy atom. The monoisotopic (exact) mass is 442 g/mol. The summed E-state index contributed by atoms with van der Waals surface area (Å²) in [5.74, 6) is 6.24. The number of carboxylic acid groups (broad SMARTS) is 1. The van der Waals surface area contributed by atoms with Crippen molar-refractivity contribution in [2.24, 2.45) is 5.92 Å². The maximum absolute atomic E-state index is 11.4. The summed E-state index contributed by atoms with van der Waals surface area (Å²) in [6.45, 7) is 2.59. The lowest BCUT2D eigenvalue weighted by Crippen LogP contribution is -2.19. The van der Waals surface area contributed by atoms with Gasteiger partial charge in [-0.05, 0) is 30.9 Å². The first kappa shape index (κ1) is 21.3. The van der Waals surface area contributed by atoms with Crippen molar-refractivity contribution in [1.82, 2.24) is 19.5 Å². The van der Waals surface area contributed by atoms with Crippen molar-refractivity contribution in [3.05, 3.63) is 29.4 Å². The first-order chi connectivity index (χ1) is 15.1. The van der Waals surface area contributed by atoms with E-state index in [2.05, 4.69) is 33.7 Å². The lowest BCUT2D eigenvalue weighted by Gasteiger charge is -2.20. The van der Waals surface area contributed by atoms with Crippen LogP contribution in [-0.4, -0.2) is 37.2 Å². The minimum Gasteiger partial charge on any atom is -0.481 e. The van der Waals surface area contributed by atoms with Crippen molar-refractivity contribution >= 4 is 28.7 Å². The summed E-state index contributed by atoms with van der Waals surface area (Å²) < 4.78 is 13.3. The summed E-state index contributed by atoms with van der Waals surface area (Å²) in [4.78, 5) is 24.9. The van der Waals surface area contributed by atoms with Crippen LogP contribution >= 0.6 is 11.6 Å². The fourth-order valence-corrected chi connectivity index (χ4v) is 3.96. The molecular weight excluding hydrogens is 420 g/mol. The van der Waals surface area contributed by atoms with E-state index in [4.69, 9.17) is 20.8 Å². The van der Waals surface area contributed by atoms with Gasteiger partial charge in [-0.15, -0.1) is 0 Å². The minimum absolute atomic E-state index is 0.0230. The van der Waals surface area contributed by atoms with Gasteiger partial charge in [0, 0.05) is 18.9 Å². The van der Waals surface area contributed by atoms with Gasteiger partial charge in [-0.25, -0.2) is 15.0 Å². The highest BCUT2D eigenvalue weighted by atomic mass is 35.5. The Morgan fingerprint density at radius 2 is 2.23 bits per heavy atom. The molecule has 0 aliphatic carbocycles. The standard InChI is InChI=1S/C22H23ClN4O4/c1-2-3-4-5-6-9-16-24-19(23)18-21(25-16)27(20(26-18)15-8-7-11-30-15)22-14(10-12-31-22)13-17(28)29/h7-8,11,14,22H,2-5,10,12-13H2,1H3,(H,28,29)/t14-,22-/m1/s1. The Balaban J connectivity index is 1.81. The van der Waals surface area contributed by atoms with Gasteiger partial charge in [-0.3, -0.25) is 9.36 Å². The number of aliphatic carboxylic acids is 1. The zero-order valence-corrected chi connectivity index (χ0v) is 17.9. The van der Waals surface area contributed by atoms with Crippen LogP contribution in [0, 0.1) is 17.8 Å². The number of rotatable bonds is 7. The molecule has 0 unspecified atom stereocenters. The van der Waals surface area contributed by atoms with E-state index in [0.29, 0.717) is 41.6 Å². The quantitative estimate of drug-likeness (QED) is 0.322. The molecule has 1 saturated heterocycles. The van der Waals surface area contributed by atoms with Gasteiger partial charge in [0.05, 0.1) is 12.7 Å². The zero-order chi connectivity index (χ0) is 21.8. The summed E-state index contributed by atoms with van der Waals surface area (Å²) in [7, 11) is 0. The first-order valence-electron chi connectivity index (χ1n) is 10.4. The number of imidazole rings is 1. The molecule has 0 amide bonds. The Bertz CT molecular complexity index is 1130. The van der Waals surface area contributed by atoms with E-state index in [1.807, 2.05) is 0 Å². The SMILES string of the molecule is CCCCCC#Cc1nc(Cl)c2nc(-c3ccco3)n([C@@H]3OCC[C@@H]3CC(=O)O)c2n1. The number of nitrogens with zero attached hydrogens (tertiary/aromatic N) is 4. The topological polar surface area (TPSA) is 103 Å². The third-order valence-electron chi connectivity index (χ3n) is 5.22. The molecule has 1 aliphatic heterocycles. The van der Waals surface area contributed by atoms with Gasteiger partial charge in [0.15, 0.2) is 22.4 Å². The van der Waals surface area contributed by atoms with Gasteiger partial charge in [-0.2, -0.15) is 0 Å². The molecule has 9 heteroatoms. The van der Waals surface area contributed by atoms with Crippen LogP contribution in [0.15, 0.2) is 22.8 Å². The summed E-state index contributed by atoms with van der Waals surface area (Å²) in [5.41, 5.74) is 0.848. The molecule has 0 saturated carbocycles. The molecule has 1 aliphatic rings. The minimum atomic E-state index is -0.879. The van der Waals surface area contributed by atoms with Crippen molar-refractivity contribution < 1.29 is 19.1 Å². The molecule has 4 heterocycles. The Labute approximate surface area is 184 Å². The number of ether oxygens (including phenoxy) is 1. The van der Waals surface area contributed by atoms with Crippen LogP contribution < -0.4 is 0 Å². The molecular formula is C22H23ClN4O4. The van der Waals surface area contributed by atoms with Crippen LogP contribution in [0.5, 0.6) is 0 Å². The predicted octanol–water partition coefficient (Wildman–Crippen LogP) is 4.68. The third kappa shape index (κ3) is 4.58. The number of hydrogen-bond donors (Lipinski definition) is 1. The van der Waals surface area contributed by atoms with E-state index in [0.717, 1.165) is 25.7 Å². The molecule has 31 heavy (non-hydrogen) atoms. The van der Waals surface area contributed by atoms with Gasteiger partial charge in [0.1, 0.15) is 11.7 Å². The number of hydrogen-bond acceptors (Lipinski definition) is 6. The first-order valence-corrected chi connectivity index (χ1v) is 10.8. The van der Waals surface area contributed by atoms with E-state index in [-0.39, 0.29) is 17.5 Å². The number of aromatic nitrogens is 4. The molecule has 4 rings (SSSR count). The van der Waals surface area contributed by atoms with E-state index in [9.17, 15) is 9.90 Å². The molecule has 1 fully saturated rings. The second-order valence-corrected chi connectivity index (χ2v) is 7.82. The van der Waals surface area contributed by atoms with E-state index >= 15 is 0 Å². The van der Waals surface area contributed by atoms with E-state index in [1.165, 1.54) is 0 Å². The van der Waals surface area contributed by atoms with Crippen LogP contribution in [0.1, 0.15) is 57.5 Å². The van der Waals surface area contributed by atoms with Gasteiger partial charge >= 0.3 is 5.97 Å². The predicted molar refractivity (Wildman–Crippen MR) is 114 cm³/mol. The van der Waals surface area contributed by atoms with E-state index in [1.54, 1.807) is 23.0 Å². The largest absolute Gasteiger partial charge is 0.481 e. The lowest BCUT2D eigenvalue weighted by molar-refractivity contribution is -0.139. The van der Waals surface area contributed by atoms with Crippen molar-refractivity contribution in [3.8, 4) is 23.4 Å². The highest BCUT2D eigenvalue weighted by Gasteiger charge is 2.36. The van der Waals surface area contributed by atoms with Gasteiger partial charge in [0.25, 0.3) is 0 Å². The molecule has 0 spiro atoms. The van der Waals surface area contributed by atoms with Crippen LogP contribution in [0.3, 0.4) is 0 Å². The van der Waals surface area contributed by atoms with Crippen LogP contribution in [0.25, 0.3) is 22.7 Å². The smallest absolute Gasteiger partial charge is 0.303 e. The molecule has 0 bridgehead atoms. The number of fused-ring (bicyclic) bond motifs is 1. The highest BCUT2D eigenvalue weighted by Crippen LogP contribution is 2.39. The van der Waals surface area contributed by atoms with Gasteiger partial charge in [-0.1, -0.05) is 37.3 Å². The average molecular weight is 443 g/mol. The Hall–Kier alpha value is -2.89. The molecule has 3 aromatic heterocycles. The normalized spacial score (nSPS) is 18.3. The lowest BCUT2D eigenvalue weighted by atomic mass is 10.0. The molecule has 162 valence electrons. The molecule has 8 nitrogen and oxygen atoms in total. The number of unbranched alkanes of at least 4 members (excludes halogenated alkanes) is 3.